The number of carbonyl (C=O) groups excluding carboxylic acids is 2. The summed E-state index contributed by atoms with van der Waals surface area (Å²) >= 11 is 1.51. The first-order chi connectivity index (χ1) is 16.4. The molecular weight excluding hydrogens is 456 g/mol. The lowest BCUT2D eigenvalue weighted by Gasteiger charge is -2.19. The Hall–Kier alpha value is -3.04. The van der Waals surface area contributed by atoms with Gasteiger partial charge in [-0.15, -0.1) is 0 Å². The van der Waals surface area contributed by atoms with E-state index >= 15 is 0 Å². The van der Waals surface area contributed by atoms with Crippen LogP contribution in [0.2, 0.25) is 0 Å². The molecule has 2 aromatic rings. The van der Waals surface area contributed by atoms with Crippen LogP contribution in [0.5, 0.6) is 0 Å². The van der Waals surface area contributed by atoms with Crippen LogP contribution >= 0.6 is 11.8 Å². The van der Waals surface area contributed by atoms with Gasteiger partial charge < -0.3 is 25.2 Å². The molecule has 0 heterocycles. The number of hydrogen-bond donors (Lipinski definition) is 3. The number of hydrogen-bond acceptors (Lipinski definition) is 6. The number of carbonyl (C=O) groups is 3. The predicted octanol–water partition coefficient (Wildman–Crippen LogP) is 3.25. The molecule has 2 atom stereocenters. The molecule has 2 aromatic carbocycles. The predicted molar refractivity (Wildman–Crippen MR) is 131 cm³/mol. The van der Waals surface area contributed by atoms with Crippen molar-refractivity contribution >= 4 is 29.7 Å². The average Bonchev–Trinajstić information content (AvgIpc) is 3.16. The summed E-state index contributed by atoms with van der Waals surface area (Å²) in [5.41, 5.74) is 4.54. The quantitative estimate of drug-likeness (QED) is 0.422. The molecule has 0 aromatic heterocycles. The standard InChI is InChI=1S/C25H30N2O6S/c1-32-16(13-23(28)27-22(24(29)30)11-12-34-2)14-26-25(31)33-15-21-19-9-5-3-7-17(19)18-8-4-6-10-20(18)21/h3-10,16,21-22H,11-15H2,1-2H3,(H,26,31)(H,27,28)(H,29,30)/t16?,22-/m1/s1. The van der Waals surface area contributed by atoms with E-state index in [1.807, 2.05) is 42.7 Å². The number of benzene rings is 2. The van der Waals surface area contributed by atoms with Gasteiger partial charge in [-0.05, 0) is 40.7 Å². The molecule has 9 heteroatoms. The summed E-state index contributed by atoms with van der Waals surface area (Å²) in [7, 11) is 1.43. The van der Waals surface area contributed by atoms with E-state index in [9.17, 15) is 19.5 Å². The molecule has 3 N–H and O–H groups in total. The number of thioether (sulfide) groups is 1. The second kappa shape index (κ2) is 12.4. The van der Waals surface area contributed by atoms with E-state index in [-0.39, 0.29) is 25.5 Å². The van der Waals surface area contributed by atoms with Crippen molar-refractivity contribution in [2.75, 3.05) is 32.3 Å². The van der Waals surface area contributed by atoms with Gasteiger partial charge >= 0.3 is 12.1 Å². The number of carboxylic acids is 1. The molecule has 0 radical (unpaired) electrons. The largest absolute Gasteiger partial charge is 0.480 e. The Morgan fingerprint density at radius 3 is 2.24 bits per heavy atom. The lowest BCUT2D eigenvalue weighted by atomic mass is 9.98. The summed E-state index contributed by atoms with van der Waals surface area (Å²) in [6.45, 7) is 0.247. The summed E-state index contributed by atoms with van der Waals surface area (Å²) in [5.74, 6) is -0.951. The number of nitrogens with one attached hydrogen (secondary N) is 2. The van der Waals surface area contributed by atoms with Gasteiger partial charge in [-0.3, -0.25) is 4.79 Å². The Bertz CT molecular complexity index is 969. The first-order valence-corrected chi connectivity index (χ1v) is 12.5. The molecule has 1 aliphatic carbocycles. The number of rotatable bonds is 12. The monoisotopic (exact) mass is 486 g/mol. The van der Waals surface area contributed by atoms with Crippen LogP contribution in [-0.2, 0) is 19.1 Å². The molecule has 8 nitrogen and oxygen atoms in total. The van der Waals surface area contributed by atoms with E-state index < -0.39 is 30.1 Å². The highest BCUT2D eigenvalue weighted by molar-refractivity contribution is 7.98. The fourth-order valence-corrected chi connectivity index (χ4v) is 4.51. The van der Waals surface area contributed by atoms with Crippen LogP contribution in [0.1, 0.15) is 29.9 Å². The van der Waals surface area contributed by atoms with Gasteiger partial charge in [0.05, 0.1) is 12.5 Å². The number of fused-ring (bicyclic) bond motifs is 3. The Balaban J connectivity index is 1.49. The third kappa shape index (κ3) is 6.51. The lowest BCUT2D eigenvalue weighted by molar-refractivity contribution is -0.142. The third-order valence-corrected chi connectivity index (χ3v) is 6.45. The number of methoxy groups -OCH3 is 1. The molecule has 3 rings (SSSR count). The van der Waals surface area contributed by atoms with Crippen LogP contribution in [-0.4, -0.2) is 67.5 Å². The molecule has 1 aliphatic rings. The minimum atomic E-state index is -1.08. The van der Waals surface area contributed by atoms with Crippen LogP contribution in [0.15, 0.2) is 48.5 Å². The summed E-state index contributed by atoms with van der Waals surface area (Å²) in [4.78, 5) is 35.9. The van der Waals surface area contributed by atoms with Gasteiger partial charge in [-0.1, -0.05) is 48.5 Å². The summed E-state index contributed by atoms with van der Waals surface area (Å²) in [5, 5.41) is 14.4. The van der Waals surface area contributed by atoms with Crippen LogP contribution in [0.25, 0.3) is 11.1 Å². The van der Waals surface area contributed by atoms with Crippen LogP contribution in [0, 0.1) is 0 Å². The van der Waals surface area contributed by atoms with Crippen molar-refractivity contribution in [1.82, 2.24) is 10.6 Å². The molecule has 0 fully saturated rings. The molecule has 0 saturated heterocycles. The normalized spacial score (nSPS) is 13.9. The van der Waals surface area contributed by atoms with Crippen LogP contribution in [0.4, 0.5) is 4.79 Å². The maximum atomic E-state index is 12.3. The van der Waals surface area contributed by atoms with Gasteiger partial charge in [0.2, 0.25) is 5.91 Å². The van der Waals surface area contributed by atoms with Crippen molar-refractivity contribution in [3.63, 3.8) is 0 Å². The topological polar surface area (TPSA) is 114 Å². The molecule has 0 bridgehead atoms. The van der Waals surface area contributed by atoms with Crippen molar-refractivity contribution < 1.29 is 29.0 Å². The van der Waals surface area contributed by atoms with Crippen LogP contribution in [0.3, 0.4) is 0 Å². The molecule has 182 valence electrons. The van der Waals surface area contributed by atoms with E-state index in [0.717, 1.165) is 22.3 Å². The first kappa shape index (κ1) is 25.6. The maximum Gasteiger partial charge on any atom is 0.407 e. The lowest BCUT2D eigenvalue weighted by Crippen LogP contribution is -2.44. The van der Waals surface area contributed by atoms with Crippen molar-refractivity contribution in [3.8, 4) is 11.1 Å². The number of alkyl carbamates (subject to hydrolysis) is 1. The van der Waals surface area contributed by atoms with E-state index in [2.05, 4.69) is 22.8 Å². The first-order valence-electron chi connectivity index (χ1n) is 11.1. The zero-order valence-corrected chi connectivity index (χ0v) is 20.1. The van der Waals surface area contributed by atoms with Crippen LogP contribution < -0.4 is 10.6 Å². The number of aliphatic carboxylic acids is 1. The fraction of sp³-hybridized carbons (Fsp3) is 0.400. The van der Waals surface area contributed by atoms with E-state index in [4.69, 9.17) is 9.47 Å². The zero-order chi connectivity index (χ0) is 24.5. The van der Waals surface area contributed by atoms with Gasteiger partial charge in [-0.25, -0.2) is 9.59 Å². The molecule has 0 aliphatic heterocycles. The fourth-order valence-electron chi connectivity index (χ4n) is 4.04. The minimum absolute atomic E-state index is 0.0450. The average molecular weight is 487 g/mol. The third-order valence-electron chi connectivity index (χ3n) is 5.81. The van der Waals surface area contributed by atoms with E-state index in [1.54, 1.807) is 0 Å². The van der Waals surface area contributed by atoms with Gasteiger partial charge in [0.1, 0.15) is 12.6 Å². The Morgan fingerprint density at radius 2 is 1.68 bits per heavy atom. The zero-order valence-electron chi connectivity index (χ0n) is 19.3. The SMILES string of the molecule is COC(CNC(=O)OCC1c2ccccc2-c2ccccc21)CC(=O)N[C@H](CCSC)C(=O)O. The smallest absolute Gasteiger partial charge is 0.407 e. The number of amides is 2. The molecular formula is C25H30N2O6S. The van der Waals surface area contributed by atoms with Gasteiger partial charge in [0.25, 0.3) is 0 Å². The molecule has 2 amide bonds. The second-order valence-electron chi connectivity index (χ2n) is 8.01. The maximum absolute atomic E-state index is 12.3. The van der Waals surface area contributed by atoms with Crippen molar-refractivity contribution in [2.24, 2.45) is 0 Å². The molecule has 1 unspecified atom stereocenters. The summed E-state index contributed by atoms with van der Waals surface area (Å²) in [6, 6.07) is 15.2. The minimum Gasteiger partial charge on any atom is -0.480 e. The summed E-state index contributed by atoms with van der Waals surface area (Å²) < 4.78 is 10.8. The highest BCUT2D eigenvalue weighted by Gasteiger charge is 2.29. The highest BCUT2D eigenvalue weighted by atomic mass is 32.2. The molecule has 0 spiro atoms. The number of ether oxygens (including phenoxy) is 2. The van der Waals surface area contributed by atoms with Gasteiger partial charge in [0.15, 0.2) is 0 Å². The van der Waals surface area contributed by atoms with E-state index in [0.29, 0.717) is 12.2 Å². The highest BCUT2D eigenvalue weighted by Crippen LogP contribution is 2.44. The van der Waals surface area contributed by atoms with Crippen molar-refractivity contribution in [1.29, 1.82) is 0 Å². The Morgan fingerprint density at radius 1 is 1.06 bits per heavy atom. The second-order valence-corrected chi connectivity index (χ2v) is 8.99. The molecule has 0 saturated carbocycles. The molecule has 34 heavy (non-hydrogen) atoms. The summed E-state index contributed by atoms with van der Waals surface area (Å²) in [6.07, 6.45) is 0.904. The Labute approximate surface area is 203 Å². The van der Waals surface area contributed by atoms with Gasteiger partial charge in [0, 0.05) is 19.6 Å². The number of carboxylic acid groups (broad SMARTS) is 1. The Kier molecular flexibility index (Phi) is 9.35. The van der Waals surface area contributed by atoms with Gasteiger partial charge in [-0.2, -0.15) is 11.8 Å². The van der Waals surface area contributed by atoms with Crippen molar-refractivity contribution in [3.05, 3.63) is 59.7 Å². The van der Waals surface area contributed by atoms with Crippen molar-refractivity contribution in [2.45, 2.75) is 30.9 Å². The van der Waals surface area contributed by atoms with E-state index in [1.165, 1.54) is 18.9 Å².